The lowest BCUT2D eigenvalue weighted by molar-refractivity contribution is 0.0827. The first-order valence-electron chi connectivity index (χ1n) is 9.27. The van der Waals surface area contributed by atoms with Crippen LogP contribution in [-0.2, 0) is 13.1 Å². The Kier molecular flexibility index (Phi) is 8.78. The highest BCUT2D eigenvalue weighted by atomic mass is 127. The first-order valence-corrected chi connectivity index (χ1v) is 9.27. The average molecular weight is 519 g/mol. The molecule has 0 aliphatic rings. The van der Waals surface area contributed by atoms with Crippen LogP contribution in [0.25, 0.3) is 5.82 Å². The third-order valence-corrected chi connectivity index (χ3v) is 4.30. The normalized spacial score (nSPS) is 10.8. The van der Waals surface area contributed by atoms with Gasteiger partial charge >= 0.3 is 0 Å². The number of amides is 1. The van der Waals surface area contributed by atoms with Crippen LogP contribution in [0.2, 0.25) is 0 Å². The molecule has 2 aromatic heterocycles. The summed E-state index contributed by atoms with van der Waals surface area (Å²) < 4.78 is 1.72. The van der Waals surface area contributed by atoms with Crippen LogP contribution in [0.15, 0.2) is 66.0 Å². The maximum atomic E-state index is 12.0. The zero-order valence-electron chi connectivity index (χ0n) is 17.2. The van der Waals surface area contributed by atoms with Crippen molar-refractivity contribution >= 4 is 35.8 Å². The van der Waals surface area contributed by atoms with Crippen LogP contribution in [0, 0.1) is 0 Å². The Labute approximate surface area is 193 Å². The molecule has 1 amide bonds. The molecule has 0 radical (unpaired) electrons. The molecule has 0 aliphatic heterocycles. The van der Waals surface area contributed by atoms with E-state index in [4.69, 9.17) is 0 Å². The van der Waals surface area contributed by atoms with Gasteiger partial charge in [-0.15, -0.1) is 24.0 Å². The quantitative estimate of drug-likeness (QED) is 0.297. The molecule has 30 heavy (non-hydrogen) atoms. The highest BCUT2D eigenvalue weighted by molar-refractivity contribution is 14.0. The number of nitrogens with zero attached hydrogens (tertiary/aromatic N) is 5. The van der Waals surface area contributed by atoms with E-state index in [9.17, 15) is 4.79 Å². The van der Waals surface area contributed by atoms with Gasteiger partial charge in [0.2, 0.25) is 0 Å². The Morgan fingerprint density at radius 2 is 1.77 bits per heavy atom. The van der Waals surface area contributed by atoms with Gasteiger partial charge < -0.3 is 15.5 Å². The predicted octanol–water partition coefficient (Wildman–Crippen LogP) is 2.45. The topological polar surface area (TPSA) is 87.4 Å². The standard InChI is InChI=1S/C21H25N7O.HI/c1-22-21(24-14-16-5-7-18(8-6-16)20(29)27(2)3)25-15-17-9-11-23-19(13-17)28-12-4-10-26-28;/h4-13H,14-15H2,1-3H3,(H2,22,24,25);1H. The maximum absolute atomic E-state index is 12.0. The van der Waals surface area contributed by atoms with Gasteiger partial charge in [-0.05, 0) is 41.5 Å². The molecule has 0 saturated carbocycles. The molecule has 3 rings (SSSR count). The van der Waals surface area contributed by atoms with Crippen LogP contribution in [-0.4, -0.2) is 52.7 Å². The van der Waals surface area contributed by atoms with E-state index in [2.05, 4.69) is 25.7 Å². The highest BCUT2D eigenvalue weighted by Crippen LogP contribution is 2.07. The third-order valence-electron chi connectivity index (χ3n) is 4.30. The minimum absolute atomic E-state index is 0. The van der Waals surface area contributed by atoms with Crippen LogP contribution < -0.4 is 10.6 Å². The summed E-state index contributed by atoms with van der Waals surface area (Å²) in [6.45, 7) is 1.21. The van der Waals surface area contributed by atoms with Gasteiger partial charge in [-0.2, -0.15) is 5.10 Å². The van der Waals surface area contributed by atoms with Crippen molar-refractivity contribution in [1.29, 1.82) is 0 Å². The van der Waals surface area contributed by atoms with E-state index in [-0.39, 0.29) is 29.9 Å². The lowest BCUT2D eigenvalue weighted by atomic mass is 10.1. The van der Waals surface area contributed by atoms with Crippen molar-refractivity contribution in [3.8, 4) is 5.82 Å². The summed E-state index contributed by atoms with van der Waals surface area (Å²) in [5, 5.41) is 10.8. The summed E-state index contributed by atoms with van der Waals surface area (Å²) in [6, 6.07) is 13.3. The molecule has 2 heterocycles. The zero-order valence-corrected chi connectivity index (χ0v) is 19.6. The van der Waals surface area contributed by atoms with E-state index in [1.807, 2.05) is 48.7 Å². The van der Waals surface area contributed by atoms with Crippen LogP contribution in [0.1, 0.15) is 21.5 Å². The summed E-state index contributed by atoms with van der Waals surface area (Å²) >= 11 is 0. The molecular weight excluding hydrogens is 493 g/mol. The maximum Gasteiger partial charge on any atom is 0.253 e. The first kappa shape index (κ1) is 23.3. The molecule has 0 saturated heterocycles. The summed E-state index contributed by atoms with van der Waals surface area (Å²) in [7, 11) is 5.22. The first-order chi connectivity index (χ1) is 14.1. The second-order valence-corrected chi connectivity index (χ2v) is 6.65. The van der Waals surface area contributed by atoms with Gasteiger partial charge in [0.1, 0.15) is 0 Å². The van der Waals surface area contributed by atoms with E-state index in [1.54, 1.807) is 43.1 Å². The molecule has 1 aromatic carbocycles. The molecule has 8 nitrogen and oxygen atoms in total. The molecule has 9 heteroatoms. The van der Waals surface area contributed by atoms with Gasteiger partial charge in [0.25, 0.3) is 5.91 Å². The number of halogens is 1. The lowest BCUT2D eigenvalue weighted by Gasteiger charge is -2.13. The lowest BCUT2D eigenvalue weighted by Crippen LogP contribution is -2.36. The van der Waals surface area contributed by atoms with Crippen LogP contribution in [0.3, 0.4) is 0 Å². The Bertz CT molecular complexity index is 969. The number of carbonyl (C=O) groups excluding carboxylic acids is 1. The number of carbonyl (C=O) groups is 1. The van der Waals surface area contributed by atoms with Gasteiger partial charge in [-0.1, -0.05) is 12.1 Å². The van der Waals surface area contributed by atoms with Gasteiger partial charge in [0.15, 0.2) is 11.8 Å². The van der Waals surface area contributed by atoms with Crippen molar-refractivity contribution in [3.05, 3.63) is 77.7 Å². The summed E-state index contributed by atoms with van der Waals surface area (Å²) in [5.41, 5.74) is 2.81. The molecule has 0 atom stereocenters. The van der Waals surface area contributed by atoms with Crippen LogP contribution in [0.5, 0.6) is 0 Å². The monoisotopic (exact) mass is 519 g/mol. The number of guanidine groups is 1. The number of aliphatic imine (C=N–C) groups is 1. The number of pyridine rings is 1. The van der Waals surface area contributed by atoms with Crippen molar-refractivity contribution in [2.24, 2.45) is 4.99 Å². The average Bonchev–Trinajstić information content (AvgIpc) is 3.29. The summed E-state index contributed by atoms with van der Waals surface area (Å²) in [5.74, 6) is 1.45. The van der Waals surface area contributed by atoms with E-state index in [0.29, 0.717) is 24.6 Å². The second-order valence-electron chi connectivity index (χ2n) is 6.65. The number of aromatic nitrogens is 3. The number of nitrogens with one attached hydrogen (secondary N) is 2. The molecule has 2 N–H and O–H groups in total. The number of hydrogen-bond acceptors (Lipinski definition) is 4. The van der Waals surface area contributed by atoms with Crippen molar-refractivity contribution in [1.82, 2.24) is 30.3 Å². The van der Waals surface area contributed by atoms with Crippen molar-refractivity contribution in [2.45, 2.75) is 13.1 Å². The summed E-state index contributed by atoms with van der Waals surface area (Å²) in [4.78, 5) is 22.1. The minimum Gasteiger partial charge on any atom is -0.352 e. The third kappa shape index (κ3) is 6.28. The smallest absolute Gasteiger partial charge is 0.253 e. The minimum atomic E-state index is -0.00572. The largest absolute Gasteiger partial charge is 0.352 e. The van der Waals surface area contributed by atoms with Gasteiger partial charge in [-0.25, -0.2) is 9.67 Å². The van der Waals surface area contributed by atoms with E-state index in [0.717, 1.165) is 16.9 Å². The second kappa shape index (κ2) is 11.3. The molecular formula is C21H26IN7O. The molecule has 0 bridgehead atoms. The Hall–Kier alpha value is -2.95. The van der Waals surface area contributed by atoms with Gasteiger partial charge in [0.05, 0.1) is 0 Å². The van der Waals surface area contributed by atoms with E-state index in [1.165, 1.54) is 0 Å². The predicted molar refractivity (Wildman–Crippen MR) is 128 cm³/mol. The molecule has 0 fully saturated rings. The van der Waals surface area contributed by atoms with Crippen molar-refractivity contribution in [3.63, 3.8) is 0 Å². The van der Waals surface area contributed by atoms with Crippen molar-refractivity contribution in [2.75, 3.05) is 21.1 Å². The number of rotatable bonds is 6. The Morgan fingerprint density at radius 1 is 1.07 bits per heavy atom. The molecule has 0 unspecified atom stereocenters. The van der Waals surface area contributed by atoms with Gasteiger partial charge in [0, 0.05) is 58.4 Å². The Balaban J connectivity index is 0.00000320. The fourth-order valence-electron chi connectivity index (χ4n) is 2.72. The summed E-state index contributed by atoms with van der Waals surface area (Å²) in [6.07, 6.45) is 5.35. The number of hydrogen-bond donors (Lipinski definition) is 2. The highest BCUT2D eigenvalue weighted by Gasteiger charge is 2.07. The van der Waals surface area contributed by atoms with Crippen LogP contribution >= 0.6 is 24.0 Å². The number of benzene rings is 1. The zero-order chi connectivity index (χ0) is 20.6. The van der Waals surface area contributed by atoms with Gasteiger partial charge in [-0.3, -0.25) is 9.79 Å². The molecule has 3 aromatic rings. The molecule has 0 aliphatic carbocycles. The van der Waals surface area contributed by atoms with Crippen molar-refractivity contribution < 1.29 is 4.79 Å². The van der Waals surface area contributed by atoms with E-state index >= 15 is 0 Å². The fourth-order valence-corrected chi connectivity index (χ4v) is 2.72. The van der Waals surface area contributed by atoms with E-state index < -0.39 is 0 Å². The molecule has 158 valence electrons. The molecule has 0 spiro atoms. The fraction of sp³-hybridized carbons (Fsp3) is 0.238. The van der Waals surface area contributed by atoms with Crippen LogP contribution in [0.4, 0.5) is 0 Å². The SMILES string of the molecule is CN=C(NCc1ccc(C(=O)N(C)C)cc1)NCc1ccnc(-n2cccn2)c1.I. The Morgan fingerprint density at radius 3 is 2.37 bits per heavy atom.